The van der Waals surface area contributed by atoms with Gasteiger partial charge in [-0.05, 0) is 43.9 Å². The molecule has 5 atom stereocenters. The molecule has 3 rings (SSSR count). The van der Waals surface area contributed by atoms with Gasteiger partial charge < -0.3 is 5.32 Å². The summed E-state index contributed by atoms with van der Waals surface area (Å²) >= 11 is 3.75. The highest BCUT2D eigenvalue weighted by atomic mass is 79.9. The van der Waals surface area contributed by atoms with Gasteiger partial charge in [-0.25, -0.2) is 0 Å². The highest BCUT2D eigenvalue weighted by Crippen LogP contribution is 2.42. The average molecular weight is 342 g/mol. The number of carbonyl (C=O) groups excluding carboxylic acids is 1. The Labute approximate surface area is 131 Å². The maximum atomic E-state index is 12.6. The molecule has 3 saturated carbocycles. The molecule has 5 unspecified atom stereocenters. The van der Waals surface area contributed by atoms with Crippen LogP contribution in [0.25, 0.3) is 0 Å². The zero-order chi connectivity index (χ0) is 13.9. The predicted molar refractivity (Wildman–Crippen MR) is 85.9 cm³/mol. The lowest BCUT2D eigenvalue weighted by Gasteiger charge is -2.39. The molecule has 1 amide bonds. The van der Waals surface area contributed by atoms with E-state index >= 15 is 0 Å². The van der Waals surface area contributed by atoms with Gasteiger partial charge in [-0.15, -0.1) is 0 Å². The summed E-state index contributed by atoms with van der Waals surface area (Å²) < 4.78 is 0. The van der Waals surface area contributed by atoms with Gasteiger partial charge in [0.15, 0.2) is 0 Å². The van der Waals surface area contributed by atoms with Crippen molar-refractivity contribution in [3.05, 3.63) is 0 Å². The number of hydrogen-bond donors (Lipinski definition) is 1. The van der Waals surface area contributed by atoms with Crippen LogP contribution in [0.2, 0.25) is 0 Å². The molecule has 0 radical (unpaired) electrons. The lowest BCUT2D eigenvalue weighted by molar-refractivity contribution is -0.128. The van der Waals surface area contributed by atoms with E-state index in [4.69, 9.17) is 0 Å². The van der Waals surface area contributed by atoms with Crippen molar-refractivity contribution in [2.75, 3.05) is 0 Å². The van der Waals surface area contributed by atoms with E-state index in [1.54, 1.807) is 0 Å². The molecule has 0 aromatic heterocycles. The number of halogens is 1. The van der Waals surface area contributed by atoms with Crippen LogP contribution in [0.3, 0.4) is 0 Å². The Hall–Kier alpha value is -0.0500. The van der Waals surface area contributed by atoms with Crippen LogP contribution in [0, 0.1) is 17.8 Å². The molecule has 1 N–H and O–H groups in total. The largest absolute Gasteiger partial charge is 0.352 e. The highest BCUT2D eigenvalue weighted by Gasteiger charge is 2.36. The fraction of sp³-hybridized carbons (Fsp3) is 0.941. The molecule has 20 heavy (non-hydrogen) atoms. The highest BCUT2D eigenvalue weighted by molar-refractivity contribution is 9.09. The normalized spacial score (nSPS) is 41.8. The molecule has 0 aromatic carbocycles. The van der Waals surface area contributed by atoms with Crippen molar-refractivity contribution in [1.82, 2.24) is 5.32 Å². The van der Waals surface area contributed by atoms with Gasteiger partial charge in [0.25, 0.3) is 0 Å². The Morgan fingerprint density at radius 1 is 0.850 bits per heavy atom. The summed E-state index contributed by atoms with van der Waals surface area (Å²) in [5.41, 5.74) is 0. The van der Waals surface area contributed by atoms with Crippen molar-refractivity contribution in [2.24, 2.45) is 17.8 Å². The molecule has 114 valence electrons. The van der Waals surface area contributed by atoms with Gasteiger partial charge in [0.1, 0.15) is 0 Å². The quantitative estimate of drug-likeness (QED) is 0.740. The van der Waals surface area contributed by atoms with Gasteiger partial charge in [-0.2, -0.15) is 0 Å². The number of alkyl halides is 1. The van der Waals surface area contributed by atoms with E-state index < -0.39 is 0 Å². The first-order valence-electron chi connectivity index (χ1n) is 8.68. The van der Waals surface area contributed by atoms with Crippen molar-refractivity contribution < 1.29 is 4.79 Å². The molecule has 0 aromatic rings. The van der Waals surface area contributed by atoms with Crippen LogP contribution in [0.1, 0.15) is 70.6 Å². The van der Waals surface area contributed by atoms with Gasteiger partial charge >= 0.3 is 0 Å². The summed E-state index contributed by atoms with van der Waals surface area (Å²) in [6.45, 7) is 0. The zero-order valence-electron chi connectivity index (χ0n) is 12.5. The van der Waals surface area contributed by atoms with Crippen molar-refractivity contribution >= 4 is 21.8 Å². The Kier molecular flexibility index (Phi) is 5.06. The van der Waals surface area contributed by atoms with E-state index in [-0.39, 0.29) is 0 Å². The molecule has 0 bridgehead atoms. The summed E-state index contributed by atoms with van der Waals surface area (Å²) in [5.74, 6) is 2.44. The van der Waals surface area contributed by atoms with E-state index in [0.717, 1.165) is 31.1 Å². The van der Waals surface area contributed by atoms with Crippen LogP contribution < -0.4 is 5.32 Å². The lowest BCUT2D eigenvalue weighted by atomic mass is 9.67. The van der Waals surface area contributed by atoms with E-state index in [0.29, 0.717) is 22.7 Å². The second-order valence-electron chi connectivity index (χ2n) is 7.23. The average Bonchev–Trinajstić information content (AvgIpc) is 2.49. The van der Waals surface area contributed by atoms with Crippen molar-refractivity contribution in [3.8, 4) is 0 Å². The maximum absolute atomic E-state index is 12.6. The van der Waals surface area contributed by atoms with E-state index in [9.17, 15) is 4.79 Å². The first-order valence-corrected chi connectivity index (χ1v) is 9.60. The third kappa shape index (κ3) is 3.40. The molecular formula is C17H28BrNO. The van der Waals surface area contributed by atoms with Crippen LogP contribution in [-0.4, -0.2) is 16.8 Å². The smallest absolute Gasteiger partial charge is 0.223 e. The van der Waals surface area contributed by atoms with Gasteiger partial charge in [0.2, 0.25) is 5.91 Å². The summed E-state index contributed by atoms with van der Waals surface area (Å²) in [7, 11) is 0. The van der Waals surface area contributed by atoms with Gasteiger partial charge in [-0.3, -0.25) is 4.79 Å². The Morgan fingerprint density at radius 3 is 2.35 bits per heavy atom. The maximum Gasteiger partial charge on any atom is 0.223 e. The molecule has 3 aliphatic carbocycles. The topological polar surface area (TPSA) is 29.1 Å². The minimum absolute atomic E-state index is 0.302. The van der Waals surface area contributed by atoms with Crippen LogP contribution in [0.4, 0.5) is 0 Å². The van der Waals surface area contributed by atoms with Gasteiger partial charge in [0, 0.05) is 16.8 Å². The van der Waals surface area contributed by atoms with E-state index in [1.807, 2.05) is 0 Å². The first-order chi connectivity index (χ1) is 9.74. The molecule has 3 fully saturated rings. The minimum Gasteiger partial charge on any atom is -0.352 e. The molecule has 0 saturated heterocycles. The number of rotatable bonds is 2. The number of carbonyl (C=O) groups is 1. The lowest BCUT2D eigenvalue weighted by Crippen LogP contribution is -2.46. The van der Waals surface area contributed by atoms with Crippen LogP contribution in [0.5, 0.6) is 0 Å². The van der Waals surface area contributed by atoms with Crippen LogP contribution in [-0.2, 0) is 4.79 Å². The standard InChI is InChI=1S/C17H28BrNO/c18-15-7-3-4-8-16(15)19-17(20)14-10-9-12-5-1-2-6-13(12)11-14/h12-16H,1-11H2,(H,19,20). The van der Waals surface area contributed by atoms with Crippen molar-refractivity contribution in [3.63, 3.8) is 0 Å². The van der Waals surface area contributed by atoms with Crippen molar-refractivity contribution in [2.45, 2.75) is 81.5 Å². The monoisotopic (exact) mass is 341 g/mol. The third-order valence-electron chi connectivity index (χ3n) is 5.92. The molecule has 0 heterocycles. The summed E-state index contributed by atoms with van der Waals surface area (Å²) in [4.78, 5) is 13.0. The first kappa shape index (κ1) is 14.9. The Morgan fingerprint density at radius 2 is 1.55 bits per heavy atom. The fourth-order valence-corrected chi connectivity index (χ4v) is 5.38. The van der Waals surface area contributed by atoms with E-state index in [2.05, 4.69) is 21.2 Å². The number of fused-ring (bicyclic) bond motifs is 1. The molecule has 3 heteroatoms. The summed E-state index contributed by atoms with van der Waals surface area (Å²) in [6.07, 6.45) is 14.1. The second kappa shape index (κ2) is 6.81. The van der Waals surface area contributed by atoms with Crippen LogP contribution >= 0.6 is 15.9 Å². The second-order valence-corrected chi connectivity index (χ2v) is 8.41. The number of nitrogens with one attached hydrogen (secondary N) is 1. The number of hydrogen-bond acceptors (Lipinski definition) is 1. The summed E-state index contributed by atoms with van der Waals surface area (Å²) in [6, 6.07) is 0.375. The van der Waals surface area contributed by atoms with Crippen molar-refractivity contribution in [1.29, 1.82) is 0 Å². The predicted octanol–water partition coefficient (Wildman–Crippen LogP) is 4.42. The molecule has 0 spiro atoms. The SMILES string of the molecule is O=C(NC1CCCCC1Br)C1CCC2CCCCC2C1. The van der Waals surface area contributed by atoms with Gasteiger partial charge in [-0.1, -0.05) is 54.5 Å². The third-order valence-corrected chi connectivity index (χ3v) is 7.02. The van der Waals surface area contributed by atoms with Gasteiger partial charge in [0.05, 0.1) is 0 Å². The fourth-order valence-electron chi connectivity index (χ4n) is 4.66. The Bertz CT molecular complexity index is 346. The van der Waals surface area contributed by atoms with Crippen LogP contribution in [0.15, 0.2) is 0 Å². The minimum atomic E-state index is 0.302. The molecule has 0 aliphatic heterocycles. The Balaban J connectivity index is 1.52. The molecular weight excluding hydrogens is 314 g/mol. The molecule has 3 aliphatic rings. The number of amides is 1. The van der Waals surface area contributed by atoms with E-state index in [1.165, 1.54) is 51.4 Å². The molecule has 2 nitrogen and oxygen atoms in total. The summed E-state index contributed by atoms with van der Waals surface area (Å²) in [5, 5.41) is 3.35. The zero-order valence-corrected chi connectivity index (χ0v) is 14.0.